The summed E-state index contributed by atoms with van der Waals surface area (Å²) in [6.07, 6.45) is 7.23. The quantitative estimate of drug-likeness (QED) is 0.184. The number of pyridine rings is 2. The van der Waals surface area contributed by atoms with Crippen molar-refractivity contribution in [3.63, 3.8) is 0 Å². The molecule has 6 rings (SSSR count). The lowest BCUT2D eigenvalue weighted by Gasteiger charge is -2.31. The van der Waals surface area contributed by atoms with Gasteiger partial charge in [0.05, 0.1) is 6.20 Å². The lowest BCUT2D eigenvalue weighted by atomic mass is 9.96. The molecule has 0 radical (unpaired) electrons. The Labute approximate surface area is 257 Å². The Hall–Kier alpha value is -5.25. The van der Waals surface area contributed by atoms with Gasteiger partial charge in [0.1, 0.15) is 23.0 Å². The van der Waals surface area contributed by atoms with Gasteiger partial charge in [-0.1, -0.05) is 12.1 Å². The lowest BCUT2D eigenvalue weighted by molar-refractivity contribution is -0.114. The largest absolute Gasteiger partial charge is 0.460 e. The smallest absolute Gasteiger partial charge is 0.253 e. The molecular weight excluding hydrogens is 581 g/mol. The molecule has 0 unspecified atom stereocenters. The molecule has 1 fully saturated rings. The van der Waals surface area contributed by atoms with Gasteiger partial charge in [-0.15, -0.1) is 0 Å². The summed E-state index contributed by atoms with van der Waals surface area (Å²) < 4.78 is 48.2. The van der Waals surface area contributed by atoms with Crippen molar-refractivity contribution in [3.8, 4) is 22.3 Å². The molecule has 3 aromatic heterocycles. The molecule has 1 aliphatic rings. The Morgan fingerprint density at radius 1 is 0.956 bits per heavy atom. The maximum absolute atomic E-state index is 15.0. The zero-order valence-corrected chi connectivity index (χ0v) is 24.2. The van der Waals surface area contributed by atoms with Gasteiger partial charge in [-0.05, 0) is 77.4 Å². The lowest BCUT2D eigenvalue weighted by Crippen LogP contribution is -2.42. The van der Waals surface area contributed by atoms with E-state index < -0.39 is 11.7 Å². The number of carbonyl (C=O) groups is 2. The molecule has 2 N–H and O–H groups in total. The average Bonchev–Trinajstić information content (AvgIpc) is 3.46. The Morgan fingerprint density at radius 2 is 1.73 bits per heavy atom. The topological polar surface area (TPSA) is 102 Å². The van der Waals surface area contributed by atoms with E-state index in [2.05, 4.69) is 9.97 Å². The fourth-order valence-electron chi connectivity index (χ4n) is 5.35. The average molecular weight is 611 g/mol. The maximum Gasteiger partial charge on any atom is 0.253 e. The Kier molecular flexibility index (Phi) is 8.21. The van der Waals surface area contributed by atoms with E-state index >= 15 is 0 Å². The number of nitrogens with zero attached hydrogens (tertiary/aromatic N) is 3. The number of rotatable bonds is 8. The van der Waals surface area contributed by atoms with E-state index in [1.54, 1.807) is 54.7 Å². The molecule has 0 bridgehead atoms. The van der Waals surface area contributed by atoms with Crippen LogP contribution in [0.1, 0.15) is 40.9 Å². The first-order chi connectivity index (χ1) is 21.6. The Morgan fingerprint density at radius 3 is 2.44 bits per heavy atom. The molecule has 1 aliphatic heterocycles. The highest BCUT2D eigenvalue weighted by Crippen LogP contribution is 2.37. The third-order valence-corrected chi connectivity index (χ3v) is 7.87. The summed E-state index contributed by atoms with van der Waals surface area (Å²) in [5.74, 6) is -2.67. The van der Waals surface area contributed by atoms with Crippen LogP contribution < -0.4 is 5.73 Å². The van der Waals surface area contributed by atoms with Crippen molar-refractivity contribution < 1.29 is 27.2 Å². The summed E-state index contributed by atoms with van der Waals surface area (Å²) in [6.45, 7) is 0.0196. The first-order valence-electron chi connectivity index (χ1n) is 14.5. The van der Waals surface area contributed by atoms with Gasteiger partial charge in [-0.3, -0.25) is 14.6 Å². The number of piperidine rings is 1. The van der Waals surface area contributed by atoms with Crippen LogP contribution in [0.15, 0.2) is 89.7 Å². The van der Waals surface area contributed by atoms with Crippen molar-refractivity contribution >= 4 is 34.6 Å². The SMILES string of the molecule is Nc1ccc(/C=C/C(=O)CCc2cc3cc(-c4ccc(C(=O)N5CCC(F)(F)CC5)cc4)cc(-c4ccncc4F)c3o2)cn1. The zero-order chi connectivity index (χ0) is 31.6. The number of hydrogen-bond donors (Lipinski definition) is 1. The minimum absolute atomic E-state index is 0.00980. The van der Waals surface area contributed by atoms with Crippen molar-refractivity contribution in [2.45, 2.75) is 31.6 Å². The van der Waals surface area contributed by atoms with Gasteiger partial charge in [0.15, 0.2) is 5.78 Å². The molecular formula is C35H29F3N4O3. The predicted octanol–water partition coefficient (Wildman–Crippen LogP) is 7.36. The number of hydrogen-bond acceptors (Lipinski definition) is 6. The number of nitrogens with two attached hydrogens (primary N) is 1. The van der Waals surface area contributed by atoms with Crippen molar-refractivity contribution in [1.82, 2.24) is 14.9 Å². The highest BCUT2D eigenvalue weighted by Gasteiger charge is 2.35. The van der Waals surface area contributed by atoms with Gasteiger partial charge < -0.3 is 15.1 Å². The number of anilines is 1. The van der Waals surface area contributed by atoms with Gasteiger partial charge in [-0.25, -0.2) is 18.2 Å². The number of fused-ring (bicyclic) bond motifs is 1. The van der Waals surface area contributed by atoms with E-state index in [1.165, 1.54) is 17.2 Å². The van der Waals surface area contributed by atoms with Gasteiger partial charge in [0.2, 0.25) is 0 Å². The van der Waals surface area contributed by atoms with Crippen molar-refractivity contribution in [2.24, 2.45) is 0 Å². The van der Waals surface area contributed by atoms with Crippen molar-refractivity contribution in [3.05, 3.63) is 108 Å². The fourth-order valence-corrected chi connectivity index (χ4v) is 5.35. The number of allylic oxidation sites excluding steroid dienone is 1. The number of benzene rings is 2. The highest BCUT2D eigenvalue weighted by atomic mass is 19.3. The second-order valence-corrected chi connectivity index (χ2v) is 11.1. The van der Waals surface area contributed by atoms with E-state index in [9.17, 15) is 22.8 Å². The molecule has 0 spiro atoms. The number of amides is 1. The summed E-state index contributed by atoms with van der Waals surface area (Å²) in [4.78, 5) is 34.8. The number of halogens is 3. The van der Waals surface area contributed by atoms with Crippen LogP contribution in [-0.2, 0) is 11.2 Å². The van der Waals surface area contributed by atoms with Crippen molar-refractivity contribution in [1.29, 1.82) is 0 Å². The number of ketones is 1. The first kappa shape index (κ1) is 29.8. The summed E-state index contributed by atoms with van der Waals surface area (Å²) in [5, 5.41) is 0.721. The van der Waals surface area contributed by atoms with Crippen LogP contribution in [0.4, 0.5) is 19.0 Å². The number of furan rings is 1. The molecule has 0 aliphatic carbocycles. The summed E-state index contributed by atoms with van der Waals surface area (Å²) >= 11 is 0. The molecule has 45 heavy (non-hydrogen) atoms. The molecule has 228 valence electrons. The third-order valence-electron chi connectivity index (χ3n) is 7.87. The first-order valence-corrected chi connectivity index (χ1v) is 14.5. The minimum atomic E-state index is -2.74. The summed E-state index contributed by atoms with van der Waals surface area (Å²) in [5.41, 5.74) is 9.60. The second kappa shape index (κ2) is 12.4. The molecule has 1 saturated heterocycles. The normalized spacial score (nSPS) is 14.7. The molecule has 5 aromatic rings. The molecule has 2 aromatic carbocycles. The number of aryl methyl sites for hydroxylation is 1. The van der Waals surface area contributed by atoms with Crippen LogP contribution in [0.2, 0.25) is 0 Å². The zero-order valence-electron chi connectivity index (χ0n) is 24.2. The van der Waals surface area contributed by atoms with Crippen LogP contribution in [0.3, 0.4) is 0 Å². The van der Waals surface area contributed by atoms with E-state index in [4.69, 9.17) is 10.2 Å². The number of nitrogen functional groups attached to an aromatic ring is 1. The maximum atomic E-state index is 15.0. The molecule has 7 nitrogen and oxygen atoms in total. The highest BCUT2D eigenvalue weighted by molar-refractivity contribution is 5.98. The van der Waals surface area contributed by atoms with E-state index in [0.29, 0.717) is 40.3 Å². The molecule has 0 saturated carbocycles. The van der Waals surface area contributed by atoms with Crippen LogP contribution in [0.25, 0.3) is 39.3 Å². The Bertz CT molecular complexity index is 1890. The van der Waals surface area contributed by atoms with E-state index in [-0.39, 0.29) is 44.0 Å². The second-order valence-electron chi connectivity index (χ2n) is 11.1. The number of carbonyl (C=O) groups excluding carboxylic acids is 2. The summed E-state index contributed by atoms with van der Waals surface area (Å²) in [7, 11) is 0. The monoisotopic (exact) mass is 610 g/mol. The Balaban J connectivity index is 1.25. The van der Waals surface area contributed by atoms with E-state index in [1.807, 2.05) is 18.2 Å². The van der Waals surface area contributed by atoms with Crippen LogP contribution in [0, 0.1) is 5.82 Å². The molecule has 1 amide bonds. The number of alkyl halides is 2. The standard InChI is InChI=1S/C35H29F3N4O3/c36-31-21-40-14-11-29(31)30-19-25(23-3-5-24(6-4-23)34(44)42-15-12-35(37,38)13-16-42)17-26-18-28(45-33(26)30)9-8-27(43)7-1-22-2-10-32(39)41-20-22/h1-7,10-11,14,17-21H,8-9,12-13,15-16H2,(H2,39,41)/b7-1+. The van der Waals surface area contributed by atoms with Crippen LogP contribution >= 0.6 is 0 Å². The van der Waals surface area contributed by atoms with Gasteiger partial charge in [0.25, 0.3) is 11.8 Å². The van der Waals surface area contributed by atoms with Crippen LogP contribution in [0.5, 0.6) is 0 Å². The molecule has 10 heteroatoms. The van der Waals surface area contributed by atoms with Gasteiger partial charge >= 0.3 is 0 Å². The minimum Gasteiger partial charge on any atom is -0.460 e. The molecule has 4 heterocycles. The number of aromatic nitrogens is 2. The van der Waals surface area contributed by atoms with Gasteiger partial charge in [0, 0.05) is 73.2 Å². The van der Waals surface area contributed by atoms with Crippen LogP contribution in [-0.4, -0.2) is 45.6 Å². The van der Waals surface area contributed by atoms with Gasteiger partial charge in [-0.2, -0.15) is 0 Å². The molecule has 0 atom stereocenters. The number of likely N-dealkylation sites (tertiary alicyclic amines) is 1. The van der Waals surface area contributed by atoms with Crippen molar-refractivity contribution in [2.75, 3.05) is 18.8 Å². The predicted molar refractivity (Wildman–Crippen MR) is 166 cm³/mol. The van der Waals surface area contributed by atoms with E-state index in [0.717, 1.165) is 28.3 Å². The summed E-state index contributed by atoms with van der Waals surface area (Å²) in [6, 6.07) is 17.5. The fraction of sp³-hybridized carbons (Fsp3) is 0.200. The third kappa shape index (κ3) is 6.80.